The Bertz CT molecular complexity index is 755. The number of nitrogens with zero attached hydrogens (tertiary/aromatic N) is 3. The summed E-state index contributed by atoms with van der Waals surface area (Å²) < 4.78 is 11.3. The molecule has 1 fully saturated rings. The number of rotatable bonds is 4. The Morgan fingerprint density at radius 2 is 1.88 bits per heavy atom. The highest BCUT2D eigenvalue weighted by Gasteiger charge is 2.22. The van der Waals surface area contributed by atoms with Crippen molar-refractivity contribution >= 4 is 5.91 Å². The second kappa shape index (κ2) is 7.42. The first-order chi connectivity index (χ1) is 11.8. The summed E-state index contributed by atoms with van der Waals surface area (Å²) in [5, 5.41) is 11.8. The summed E-state index contributed by atoms with van der Waals surface area (Å²) in [4.78, 5) is 19.8. The van der Waals surface area contributed by atoms with Gasteiger partial charge in [0.2, 0.25) is 5.69 Å². The van der Waals surface area contributed by atoms with E-state index in [1.54, 1.807) is 24.3 Å². The highest BCUT2D eigenvalue weighted by atomic mass is 16.5. The number of nitriles is 1. The molecule has 0 spiro atoms. The Kier molecular flexibility index (Phi) is 4.87. The molecule has 1 amide bonds. The largest absolute Gasteiger partial charge is 0.481 e. The molecule has 7 heteroatoms. The van der Waals surface area contributed by atoms with Gasteiger partial charge in [-0.3, -0.25) is 4.79 Å². The molecule has 1 aliphatic heterocycles. The average molecular weight is 324 g/mol. The van der Waals surface area contributed by atoms with E-state index in [9.17, 15) is 4.79 Å². The van der Waals surface area contributed by atoms with Crippen molar-refractivity contribution in [1.82, 2.24) is 15.3 Å². The van der Waals surface area contributed by atoms with Gasteiger partial charge in [-0.2, -0.15) is 5.26 Å². The Morgan fingerprint density at radius 1 is 1.12 bits per heavy atom. The van der Waals surface area contributed by atoms with Crippen LogP contribution in [0.1, 0.15) is 25.0 Å². The van der Waals surface area contributed by atoms with Crippen molar-refractivity contribution in [3.8, 4) is 23.4 Å². The molecule has 1 atom stereocenters. The Hall–Kier alpha value is -3.14. The maximum Gasteiger partial charge on any atom is 0.261 e. The first-order valence-corrected chi connectivity index (χ1v) is 7.69. The molecule has 0 saturated carbocycles. The van der Waals surface area contributed by atoms with Crippen molar-refractivity contribution < 1.29 is 14.3 Å². The number of aromatic nitrogens is 2. The lowest BCUT2D eigenvalue weighted by molar-refractivity contribution is -0.127. The number of carbonyl (C=O) groups excluding carboxylic acids is 1. The zero-order chi connectivity index (χ0) is 16.8. The minimum Gasteiger partial charge on any atom is -0.481 e. The van der Waals surface area contributed by atoms with Crippen LogP contribution in [0.2, 0.25) is 0 Å². The Labute approximate surface area is 139 Å². The zero-order valence-corrected chi connectivity index (χ0v) is 12.9. The summed E-state index contributed by atoms with van der Waals surface area (Å²) in [6.07, 6.45) is 5.05. The van der Waals surface area contributed by atoms with Gasteiger partial charge in [-0.05, 0) is 43.5 Å². The van der Waals surface area contributed by atoms with Crippen LogP contribution in [0.3, 0.4) is 0 Å². The van der Waals surface area contributed by atoms with Gasteiger partial charge >= 0.3 is 0 Å². The third-order valence-corrected chi connectivity index (χ3v) is 3.57. The fourth-order valence-electron chi connectivity index (χ4n) is 2.36. The molecule has 1 saturated heterocycles. The lowest BCUT2D eigenvalue weighted by Crippen LogP contribution is -2.36. The van der Waals surface area contributed by atoms with Crippen molar-refractivity contribution in [1.29, 1.82) is 5.26 Å². The number of hydrogen-bond donors (Lipinski definition) is 1. The molecule has 0 bridgehead atoms. The van der Waals surface area contributed by atoms with Gasteiger partial charge in [0.25, 0.3) is 11.8 Å². The quantitative estimate of drug-likeness (QED) is 0.926. The Morgan fingerprint density at radius 3 is 2.67 bits per heavy atom. The maximum atomic E-state index is 11.9. The average Bonchev–Trinajstić information content (AvgIpc) is 2.82. The molecule has 1 aromatic carbocycles. The van der Waals surface area contributed by atoms with Crippen molar-refractivity contribution in [2.45, 2.75) is 25.4 Å². The van der Waals surface area contributed by atoms with E-state index in [1.165, 1.54) is 12.4 Å². The third kappa shape index (κ3) is 3.79. The molecule has 2 aromatic rings. The van der Waals surface area contributed by atoms with Gasteiger partial charge in [-0.15, -0.1) is 0 Å². The van der Waals surface area contributed by atoms with Crippen LogP contribution in [0, 0.1) is 11.3 Å². The number of amides is 1. The fraction of sp³-hybridized carbons (Fsp3) is 0.294. The summed E-state index contributed by atoms with van der Waals surface area (Å²) in [5.74, 6) is 1.16. The van der Waals surface area contributed by atoms with Crippen LogP contribution >= 0.6 is 0 Å². The molecule has 24 heavy (non-hydrogen) atoms. The van der Waals surface area contributed by atoms with Gasteiger partial charge in [0.05, 0.1) is 0 Å². The fourth-order valence-corrected chi connectivity index (χ4v) is 2.36. The van der Waals surface area contributed by atoms with E-state index >= 15 is 0 Å². The number of benzene rings is 1. The van der Waals surface area contributed by atoms with Gasteiger partial charge in [0.1, 0.15) is 17.6 Å². The molecule has 0 aliphatic carbocycles. The van der Waals surface area contributed by atoms with Crippen molar-refractivity contribution in [2.75, 3.05) is 6.54 Å². The normalized spacial score (nSPS) is 17.3. The predicted octanol–water partition coefficient (Wildman–Crippen LogP) is 2.19. The second-order valence-corrected chi connectivity index (χ2v) is 5.29. The molecule has 1 unspecified atom stereocenters. The predicted molar refractivity (Wildman–Crippen MR) is 84.5 cm³/mol. The van der Waals surface area contributed by atoms with Crippen LogP contribution in [0.4, 0.5) is 0 Å². The second-order valence-electron chi connectivity index (χ2n) is 5.29. The van der Waals surface area contributed by atoms with Gasteiger partial charge in [-0.1, -0.05) is 0 Å². The van der Waals surface area contributed by atoms with Crippen LogP contribution < -0.4 is 14.8 Å². The van der Waals surface area contributed by atoms with Gasteiger partial charge in [-0.25, -0.2) is 9.97 Å². The third-order valence-electron chi connectivity index (χ3n) is 3.57. The molecule has 122 valence electrons. The van der Waals surface area contributed by atoms with Gasteiger partial charge in [0.15, 0.2) is 6.10 Å². The van der Waals surface area contributed by atoms with E-state index < -0.39 is 6.10 Å². The number of nitrogens with one attached hydrogen (secondary N) is 1. The van der Waals surface area contributed by atoms with Crippen LogP contribution in [0.15, 0.2) is 36.7 Å². The highest BCUT2D eigenvalue weighted by Crippen LogP contribution is 2.25. The maximum absolute atomic E-state index is 11.9. The van der Waals surface area contributed by atoms with E-state index in [2.05, 4.69) is 15.3 Å². The van der Waals surface area contributed by atoms with Crippen molar-refractivity contribution in [3.63, 3.8) is 0 Å². The first-order valence-electron chi connectivity index (χ1n) is 7.69. The molecule has 1 aromatic heterocycles. The number of ether oxygens (including phenoxy) is 2. The van der Waals surface area contributed by atoms with Gasteiger partial charge in [0, 0.05) is 18.9 Å². The molecule has 2 heterocycles. The topological polar surface area (TPSA) is 97.1 Å². The lowest BCUT2D eigenvalue weighted by atomic mass is 10.2. The summed E-state index contributed by atoms with van der Waals surface area (Å²) in [6.45, 7) is 0.699. The van der Waals surface area contributed by atoms with Crippen molar-refractivity contribution in [3.05, 3.63) is 42.4 Å². The molecule has 0 radical (unpaired) electrons. The SMILES string of the molecule is N#Cc1nccnc1Oc1ccc(OC2CCCCNC2=O)cc1. The van der Waals surface area contributed by atoms with Crippen LogP contribution in [-0.4, -0.2) is 28.5 Å². The monoisotopic (exact) mass is 324 g/mol. The summed E-state index contributed by atoms with van der Waals surface area (Å²) in [5.41, 5.74) is 0.118. The molecule has 1 N–H and O–H groups in total. The standard InChI is InChI=1S/C17H16N4O3/c18-11-14-17(21-10-9-19-14)24-13-6-4-12(5-7-13)23-15-3-1-2-8-20-16(15)22/h4-7,9-10,15H,1-3,8H2,(H,20,22). The molecule has 7 nitrogen and oxygen atoms in total. The van der Waals surface area contributed by atoms with Crippen LogP contribution in [0.5, 0.6) is 17.4 Å². The first kappa shape index (κ1) is 15.7. The summed E-state index contributed by atoms with van der Waals surface area (Å²) >= 11 is 0. The smallest absolute Gasteiger partial charge is 0.261 e. The molecule has 1 aliphatic rings. The number of hydrogen-bond acceptors (Lipinski definition) is 6. The van der Waals surface area contributed by atoms with Gasteiger partial charge < -0.3 is 14.8 Å². The lowest BCUT2D eigenvalue weighted by Gasteiger charge is -2.16. The van der Waals surface area contributed by atoms with E-state index in [0.717, 1.165) is 12.8 Å². The van der Waals surface area contributed by atoms with E-state index in [4.69, 9.17) is 14.7 Å². The molecular formula is C17H16N4O3. The number of carbonyl (C=O) groups is 1. The van der Waals surface area contributed by atoms with E-state index in [-0.39, 0.29) is 17.5 Å². The highest BCUT2D eigenvalue weighted by molar-refractivity contribution is 5.81. The summed E-state index contributed by atoms with van der Waals surface area (Å²) in [6, 6.07) is 8.75. The molecule has 3 rings (SSSR count). The van der Waals surface area contributed by atoms with E-state index in [1.807, 2.05) is 6.07 Å². The minimum atomic E-state index is -0.468. The minimum absolute atomic E-state index is 0.0777. The molecular weight excluding hydrogens is 308 g/mol. The Balaban J connectivity index is 1.67. The zero-order valence-electron chi connectivity index (χ0n) is 12.9. The van der Waals surface area contributed by atoms with E-state index in [0.29, 0.717) is 24.5 Å². The summed E-state index contributed by atoms with van der Waals surface area (Å²) in [7, 11) is 0. The van der Waals surface area contributed by atoms with Crippen LogP contribution in [-0.2, 0) is 4.79 Å². The van der Waals surface area contributed by atoms with Crippen LogP contribution in [0.25, 0.3) is 0 Å². The van der Waals surface area contributed by atoms with Crippen molar-refractivity contribution in [2.24, 2.45) is 0 Å².